The second-order valence-corrected chi connectivity index (χ2v) is 9.40. The number of hydrogen-bond donors (Lipinski definition) is 3. The summed E-state index contributed by atoms with van der Waals surface area (Å²) in [7, 11) is 1.49. The number of benzene rings is 3. The lowest BCUT2D eigenvalue weighted by atomic mass is 9.87. The first-order chi connectivity index (χ1) is 16.1. The van der Waals surface area contributed by atoms with E-state index in [9.17, 15) is 9.59 Å². The zero-order valence-corrected chi connectivity index (χ0v) is 20.9. The fraction of sp³-hybridized carbons (Fsp3) is 0.192. The summed E-state index contributed by atoms with van der Waals surface area (Å²) >= 11 is 11.4. The van der Waals surface area contributed by atoms with Crippen LogP contribution in [0, 0.1) is 0 Å². The van der Waals surface area contributed by atoms with Gasteiger partial charge in [-0.3, -0.25) is 14.9 Å². The van der Waals surface area contributed by atoms with E-state index in [1.165, 1.54) is 7.11 Å². The summed E-state index contributed by atoms with van der Waals surface area (Å²) in [5.41, 5.74) is 3.05. The maximum Gasteiger partial charge on any atom is 0.257 e. The molecule has 3 aromatic carbocycles. The summed E-state index contributed by atoms with van der Waals surface area (Å²) in [5, 5.41) is 8.91. The fourth-order valence-electron chi connectivity index (χ4n) is 3.17. The Morgan fingerprint density at radius 2 is 1.59 bits per heavy atom. The molecular formula is C26H26ClN3O3S. The highest BCUT2D eigenvalue weighted by Crippen LogP contribution is 2.29. The van der Waals surface area contributed by atoms with Crippen LogP contribution < -0.4 is 20.7 Å². The first-order valence-corrected chi connectivity index (χ1v) is 11.3. The molecule has 0 aliphatic rings. The quantitative estimate of drug-likeness (QED) is 0.377. The molecule has 0 atom stereocenters. The van der Waals surface area contributed by atoms with E-state index >= 15 is 0 Å². The van der Waals surface area contributed by atoms with Crippen molar-refractivity contribution in [2.75, 3.05) is 17.7 Å². The Morgan fingerprint density at radius 3 is 2.21 bits per heavy atom. The van der Waals surface area contributed by atoms with Crippen LogP contribution in [0.2, 0.25) is 5.02 Å². The minimum absolute atomic E-state index is 0.00388. The van der Waals surface area contributed by atoms with Gasteiger partial charge in [0.2, 0.25) is 0 Å². The number of amides is 2. The molecule has 2 amide bonds. The van der Waals surface area contributed by atoms with Gasteiger partial charge in [-0.15, -0.1) is 0 Å². The Hall–Kier alpha value is -3.42. The molecule has 0 saturated heterocycles. The van der Waals surface area contributed by atoms with Crippen LogP contribution in [0.5, 0.6) is 5.75 Å². The van der Waals surface area contributed by atoms with Gasteiger partial charge in [0.25, 0.3) is 11.8 Å². The average Bonchev–Trinajstić information content (AvgIpc) is 2.79. The number of carbonyl (C=O) groups excluding carboxylic acids is 2. The number of nitrogens with one attached hydrogen (secondary N) is 3. The van der Waals surface area contributed by atoms with Crippen LogP contribution in [-0.4, -0.2) is 24.0 Å². The Kier molecular flexibility index (Phi) is 7.91. The van der Waals surface area contributed by atoms with Gasteiger partial charge in [0.15, 0.2) is 5.11 Å². The minimum Gasteiger partial charge on any atom is -0.494 e. The van der Waals surface area contributed by atoms with E-state index in [0.29, 0.717) is 33.3 Å². The van der Waals surface area contributed by atoms with Crippen molar-refractivity contribution in [2.24, 2.45) is 0 Å². The number of rotatable bonds is 5. The summed E-state index contributed by atoms with van der Waals surface area (Å²) in [6.07, 6.45) is 0. The molecule has 3 N–H and O–H groups in total. The molecule has 34 heavy (non-hydrogen) atoms. The standard InChI is InChI=1S/C26H26ClN3O3S/c1-26(2,3)17-11-9-16(10-12-17)23(31)30-25(34)28-18-13-14-21(22(15-18)33-4)29-24(32)19-7-5-6-8-20(19)27/h5-15H,1-4H3,(H,29,32)(H2,28,30,31,34). The second-order valence-electron chi connectivity index (χ2n) is 8.58. The Balaban J connectivity index is 1.65. The SMILES string of the molecule is COc1cc(NC(=S)NC(=O)c2ccc(C(C)(C)C)cc2)ccc1NC(=O)c1ccccc1Cl. The van der Waals surface area contributed by atoms with Crippen molar-refractivity contribution in [1.82, 2.24) is 5.32 Å². The van der Waals surface area contributed by atoms with Crippen LogP contribution in [0.3, 0.4) is 0 Å². The van der Waals surface area contributed by atoms with Crippen LogP contribution in [0.25, 0.3) is 0 Å². The number of halogens is 1. The molecule has 0 fully saturated rings. The van der Waals surface area contributed by atoms with Crippen LogP contribution >= 0.6 is 23.8 Å². The molecule has 0 bridgehead atoms. The van der Waals surface area contributed by atoms with Crippen molar-refractivity contribution in [2.45, 2.75) is 26.2 Å². The molecule has 0 heterocycles. The Labute approximate surface area is 209 Å². The highest BCUT2D eigenvalue weighted by molar-refractivity contribution is 7.80. The van der Waals surface area contributed by atoms with Crippen LogP contribution in [-0.2, 0) is 5.41 Å². The zero-order valence-electron chi connectivity index (χ0n) is 19.4. The van der Waals surface area contributed by atoms with E-state index in [2.05, 4.69) is 36.7 Å². The molecule has 8 heteroatoms. The highest BCUT2D eigenvalue weighted by atomic mass is 35.5. The van der Waals surface area contributed by atoms with E-state index in [-0.39, 0.29) is 22.3 Å². The highest BCUT2D eigenvalue weighted by Gasteiger charge is 2.16. The van der Waals surface area contributed by atoms with Gasteiger partial charge in [-0.25, -0.2) is 0 Å². The lowest BCUT2D eigenvalue weighted by Gasteiger charge is -2.19. The van der Waals surface area contributed by atoms with Gasteiger partial charge in [0, 0.05) is 17.3 Å². The van der Waals surface area contributed by atoms with Gasteiger partial charge in [-0.05, 0) is 59.6 Å². The minimum atomic E-state index is -0.357. The molecule has 0 aliphatic carbocycles. The van der Waals surface area contributed by atoms with E-state index < -0.39 is 0 Å². The number of methoxy groups -OCH3 is 1. The second kappa shape index (κ2) is 10.7. The third kappa shape index (κ3) is 6.34. The van der Waals surface area contributed by atoms with Crippen molar-refractivity contribution in [3.05, 3.63) is 88.4 Å². The summed E-state index contributed by atoms with van der Waals surface area (Å²) in [4.78, 5) is 25.1. The lowest BCUT2D eigenvalue weighted by Crippen LogP contribution is -2.34. The maximum atomic E-state index is 12.6. The fourth-order valence-corrected chi connectivity index (χ4v) is 3.60. The third-order valence-electron chi connectivity index (χ3n) is 5.07. The van der Waals surface area contributed by atoms with Gasteiger partial charge in [0.1, 0.15) is 5.75 Å². The Morgan fingerprint density at radius 1 is 0.912 bits per heavy atom. The van der Waals surface area contributed by atoms with E-state index in [1.54, 1.807) is 54.6 Å². The van der Waals surface area contributed by atoms with Gasteiger partial charge >= 0.3 is 0 Å². The smallest absolute Gasteiger partial charge is 0.257 e. The topological polar surface area (TPSA) is 79.5 Å². The normalized spacial score (nSPS) is 10.9. The summed E-state index contributed by atoms with van der Waals surface area (Å²) in [6.45, 7) is 6.34. The van der Waals surface area contributed by atoms with E-state index in [1.807, 2.05) is 12.1 Å². The largest absolute Gasteiger partial charge is 0.494 e. The van der Waals surface area contributed by atoms with E-state index in [0.717, 1.165) is 5.56 Å². The van der Waals surface area contributed by atoms with Crippen molar-refractivity contribution in [3.63, 3.8) is 0 Å². The average molecular weight is 496 g/mol. The monoisotopic (exact) mass is 495 g/mol. The lowest BCUT2D eigenvalue weighted by molar-refractivity contribution is 0.0976. The molecule has 0 radical (unpaired) electrons. The molecule has 6 nitrogen and oxygen atoms in total. The summed E-state index contributed by atoms with van der Waals surface area (Å²) in [5.74, 6) is -0.254. The predicted molar refractivity (Wildman–Crippen MR) is 141 cm³/mol. The predicted octanol–water partition coefficient (Wildman–Crippen LogP) is 6.03. The van der Waals surface area contributed by atoms with Crippen molar-refractivity contribution >= 4 is 52.1 Å². The molecule has 0 saturated carbocycles. The number of ether oxygens (including phenoxy) is 1. The molecule has 0 spiro atoms. The molecule has 176 valence electrons. The van der Waals surface area contributed by atoms with Crippen LogP contribution in [0.1, 0.15) is 47.1 Å². The summed E-state index contributed by atoms with van der Waals surface area (Å²) < 4.78 is 5.41. The van der Waals surface area contributed by atoms with Crippen LogP contribution in [0.15, 0.2) is 66.7 Å². The molecule has 3 aromatic rings. The molecule has 0 aromatic heterocycles. The van der Waals surface area contributed by atoms with E-state index in [4.69, 9.17) is 28.6 Å². The molecule has 0 unspecified atom stereocenters. The zero-order chi connectivity index (χ0) is 24.9. The maximum absolute atomic E-state index is 12.6. The van der Waals surface area contributed by atoms with Gasteiger partial charge in [0.05, 0.1) is 23.4 Å². The van der Waals surface area contributed by atoms with Gasteiger partial charge in [-0.2, -0.15) is 0 Å². The van der Waals surface area contributed by atoms with Gasteiger partial charge in [-0.1, -0.05) is 56.6 Å². The first kappa shape index (κ1) is 25.2. The first-order valence-electron chi connectivity index (χ1n) is 10.6. The van der Waals surface area contributed by atoms with Crippen molar-refractivity contribution in [3.8, 4) is 5.75 Å². The van der Waals surface area contributed by atoms with Crippen molar-refractivity contribution < 1.29 is 14.3 Å². The Bertz CT molecular complexity index is 1220. The van der Waals surface area contributed by atoms with Gasteiger partial charge < -0.3 is 15.4 Å². The number of carbonyl (C=O) groups is 2. The third-order valence-corrected chi connectivity index (χ3v) is 5.60. The number of thiocarbonyl (C=S) groups is 1. The number of anilines is 2. The number of hydrogen-bond acceptors (Lipinski definition) is 4. The van der Waals surface area contributed by atoms with Crippen LogP contribution in [0.4, 0.5) is 11.4 Å². The molecule has 0 aliphatic heterocycles. The summed E-state index contributed by atoms with van der Waals surface area (Å²) in [6, 6.07) is 19.2. The molecule has 3 rings (SSSR count). The van der Waals surface area contributed by atoms with Crippen molar-refractivity contribution in [1.29, 1.82) is 0 Å². The molecular weight excluding hydrogens is 470 g/mol.